The average molecular weight is 238 g/mol. The first-order valence-electron chi connectivity index (χ1n) is 4.93. The van der Waals surface area contributed by atoms with Gasteiger partial charge in [-0.05, 0) is 36.3 Å². The fraction of sp³-hybridized carbons (Fsp3) is 0.273. The molecule has 16 heavy (non-hydrogen) atoms. The molecule has 5 heteroatoms. The van der Waals surface area contributed by atoms with E-state index in [1.54, 1.807) is 24.3 Å². The van der Waals surface area contributed by atoms with Gasteiger partial charge in [-0.15, -0.1) is 0 Å². The Morgan fingerprint density at radius 3 is 2.44 bits per heavy atom. The van der Waals surface area contributed by atoms with Crippen LogP contribution >= 0.6 is 12.2 Å². The van der Waals surface area contributed by atoms with Gasteiger partial charge in [-0.25, -0.2) is 0 Å². The molecule has 0 amide bonds. The molecule has 0 aliphatic rings. The molecule has 4 nitrogen and oxygen atoms in total. The summed E-state index contributed by atoms with van der Waals surface area (Å²) in [5, 5.41) is 12.0. The maximum Gasteiger partial charge on any atom is 0.310 e. The Kier molecular flexibility index (Phi) is 4.25. The first kappa shape index (κ1) is 12.4. The van der Waals surface area contributed by atoms with Gasteiger partial charge in [0, 0.05) is 5.69 Å². The quantitative estimate of drug-likeness (QED) is 0.699. The molecule has 86 valence electrons. The van der Waals surface area contributed by atoms with Crippen LogP contribution in [0.25, 0.3) is 0 Å². The number of aliphatic carboxylic acids is 1. The lowest BCUT2D eigenvalue weighted by molar-refractivity contribution is -0.138. The van der Waals surface area contributed by atoms with Crippen molar-refractivity contribution in [1.82, 2.24) is 0 Å². The van der Waals surface area contributed by atoms with Crippen LogP contribution in [0.15, 0.2) is 24.3 Å². The SMILES string of the molecule is CC[C@@H](C(=O)O)c1ccc(NC(N)=S)cc1. The molecule has 0 unspecified atom stereocenters. The summed E-state index contributed by atoms with van der Waals surface area (Å²) in [6, 6.07) is 7.06. The van der Waals surface area contributed by atoms with Crippen LogP contribution in [0.4, 0.5) is 5.69 Å². The molecule has 0 saturated carbocycles. The maximum atomic E-state index is 10.9. The number of hydrogen-bond acceptors (Lipinski definition) is 2. The van der Waals surface area contributed by atoms with Gasteiger partial charge in [-0.3, -0.25) is 4.79 Å². The highest BCUT2D eigenvalue weighted by molar-refractivity contribution is 7.80. The molecular weight excluding hydrogens is 224 g/mol. The van der Waals surface area contributed by atoms with Gasteiger partial charge >= 0.3 is 5.97 Å². The van der Waals surface area contributed by atoms with Crippen LogP contribution in [0.1, 0.15) is 24.8 Å². The molecule has 1 atom stereocenters. The number of carboxylic acid groups (broad SMARTS) is 1. The van der Waals surface area contributed by atoms with Gasteiger partial charge in [-0.2, -0.15) is 0 Å². The predicted octanol–water partition coefficient (Wildman–Crippen LogP) is 1.92. The number of carboxylic acids is 1. The van der Waals surface area contributed by atoms with Gasteiger partial charge in [0.1, 0.15) is 0 Å². The van der Waals surface area contributed by atoms with Crippen LogP contribution in [-0.2, 0) is 4.79 Å². The van der Waals surface area contributed by atoms with Crippen molar-refractivity contribution < 1.29 is 9.90 Å². The Morgan fingerprint density at radius 1 is 1.50 bits per heavy atom. The van der Waals surface area contributed by atoms with Gasteiger partial charge in [0.15, 0.2) is 5.11 Å². The highest BCUT2D eigenvalue weighted by atomic mass is 32.1. The van der Waals surface area contributed by atoms with Crippen molar-refractivity contribution in [2.75, 3.05) is 5.32 Å². The molecule has 0 heterocycles. The van der Waals surface area contributed by atoms with Crippen LogP contribution in [0, 0.1) is 0 Å². The molecule has 0 spiro atoms. The Balaban J connectivity index is 2.85. The van der Waals surface area contributed by atoms with Gasteiger partial charge in [0.25, 0.3) is 0 Å². The second-order valence-electron chi connectivity index (χ2n) is 3.41. The van der Waals surface area contributed by atoms with E-state index in [0.29, 0.717) is 6.42 Å². The molecule has 0 fully saturated rings. The van der Waals surface area contributed by atoms with E-state index in [2.05, 4.69) is 5.32 Å². The Hall–Kier alpha value is -1.62. The summed E-state index contributed by atoms with van der Waals surface area (Å²) in [4.78, 5) is 10.9. The summed E-state index contributed by atoms with van der Waals surface area (Å²) < 4.78 is 0. The number of rotatable bonds is 4. The fourth-order valence-electron chi connectivity index (χ4n) is 1.49. The lowest BCUT2D eigenvalue weighted by Crippen LogP contribution is -2.18. The third-order valence-corrected chi connectivity index (χ3v) is 2.39. The zero-order valence-electron chi connectivity index (χ0n) is 8.93. The minimum Gasteiger partial charge on any atom is -0.481 e. The molecule has 0 bridgehead atoms. The van der Waals surface area contributed by atoms with E-state index in [1.807, 2.05) is 6.92 Å². The van der Waals surface area contributed by atoms with E-state index in [-0.39, 0.29) is 5.11 Å². The second-order valence-corrected chi connectivity index (χ2v) is 3.85. The number of anilines is 1. The summed E-state index contributed by atoms with van der Waals surface area (Å²) in [5.41, 5.74) is 6.86. The Morgan fingerprint density at radius 2 is 2.06 bits per heavy atom. The highest BCUT2D eigenvalue weighted by Crippen LogP contribution is 2.21. The Bertz CT molecular complexity index is 389. The van der Waals surface area contributed by atoms with Crippen molar-refractivity contribution in [3.8, 4) is 0 Å². The molecular formula is C11H14N2O2S. The smallest absolute Gasteiger partial charge is 0.310 e. The van der Waals surface area contributed by atoms with Crippen LogP contribution in [0.2, 0.25) is 0 Å². The van der Waals surface area contributed by atoms with Crippen molar-refractivity contribution in [3.05, 3.63) is 29.8 Å². The lowest BCUT2D eigenvalue weighted by atomic mass is 9.96. The Labute approximate surface area is 99.5 Å². The lowest BCUT2D eigenvalue weighted by Gasteiger charge is -2.11. The van der Waals surface area contributed by atoms with Crippen LogP contribution < -0.4 is 11.1 Å². The predicted molar refractivity (Wildman–Crippen MR) is 67.5 cm³/mol. The van der Waals surface area contributed by atoms with Crippen LogP contribution in [0.5, 0.6) is 0 Å². The zero-order chi connectivity index (χ0) is 12.1. The number of benzene rings is 1. The monoisotopic (exact) mass is 238 g/mol. The van der Waals surface area contributed by atoms with E-state index < -0.39 is 11.9 Å². The van der Waals surface area contributed by atoms with Crippen molar-refractivity contribution in [2.24, 2.45) is 5.73 Å². The molecule has 0 aromatic heterocycles. The van der Waals surface area contributed by atoms with Crippen molar-refractivity contribution in [2.45, 2.75) is 19.3 Å². The third kappa shape index (κ3) is 3.20. The van der Waals surface area contributed by atoms with Gasteiger partial charge in [-0.1, -0.05) is 19.1 Å². The molecule has 0 saturated heterocycles. The minimum absolute atomic E-state index is 0.193. The van der Waals surface area contributed by atoms with E-state index in [9.17, 15) is 4.79 Å². The number of nitrogens with one attached hydrogen (secondary N) is 1. The largest absolute Gasteiger partial charge is 0.481 e. The highest BCUT2D eigenvalue weighted by Gasteiger charge is 2.16. The van der Waals surface area contributed by atoms with Crippen LogP contribution in [0.3, 0.4) is 0 Å². The summed E-state index contributed by atoms with van der Waals surface area (Å²) in [7, 11) is 0. The van der Waals surface area contributed by atoms with E-state index in [4.69, 9.17) is 23.1 Å². The normalized spacial score (nSPS) is 11.8. The van der Waals surface area contributed by atoms with E-state index >= 15 is 0 Å². The first-order valence-corrected chi connectivity index (χ1v) is 5.34. The second kappa shape index (κ2) is 5.46. The summed E-state index contributed by atoms with van der Waals surface area (Å²) in [6.45, 7) is 1.85. The molecule has 1 rings (SSSR count). The number of nitrogens with two attached hydrogens (primary N) is 1. The van der Waals surface area contributed by atoms with Crippen molar-refractivity contribution in [3.63, 3.8) is 0 Å². The average Bonchev–Trinajstić information content (AvgIpc) is 2.20. The number of hydrogen-bond donors (Lipinski definition) is 3. The number of thiocarbonyl (C=S) groups is 1. The third-order valence-electron chi connectivity index (χ3n) is 2.29. The number of carbonyl (C=O) groups is 1. The summed E-state index contributed by atoms with van der Waals surface area (Å²) in [6.07, 6.45) is 0.567. The van der Waals surface area contributed by atoms with Gasteiger partial charge in [0.2, 0.25) is 0 Å². The summed E-state index contributed by atoms with van der Waals surface area (Å²) >= 11 is 4.70. The van der Waals surface area contributed by atoms with Gasteiger partial charge < -0.3 is 16.2 Å². The van der Waals surface area contributed by atoms with Crippen molar-refractivity contribution >= 4 is 29.0 Å². The van der Waals surface area contributed by atoms with Gasteiger partial charge in [0.05, 0.1) is 5.92 Å². The standard InChI is InChI=1S/C11H14N2O2S/c1-2-9(10(14)15)7-3-5-8(6-4-7)13-11(12)16/h3-6,9H,2H2,1H3,(H,14,15)(H3,12,13,16)/t9-/m1/s1. The molecule has 0 radical (unpaired) electrons. The van der Waals surface area contributed by atoms with Crippen molar-refractivity contribution in [1.29, 1.82) is 0 Å². The molecule has 0 aliphatic heterocycles. The molecule has 1 aromatic carbocycles. The van der Waals surface area contributed by atoms with E-state index in [0.717, 1.165) is 11.3 Å². The zero-order valence-corrected chi connectivity index (χ0v) is 9.75. The minimum atomic E-state index is -0.808. The van der Waals surface area contributed by atoms with E-state index in [1.165, 1.54) is 0 Å². The van der Waals surface area contributed by atoms with Crippen LogP contribution in [-0.4, -0.2) is 16.2 Å². The first-order chi connectivity index (χ1) is 7.54. The topological polar surface area (TPSA) is 75.3 Å². The fourth-order valence-corrected chi connectivity index (χ4v) is 1.61. The summed E-state index contributed by atoms with van der Waals surface area (Å²) in [5.74, 6) is -1.27. The molecule has 4 N–H and O–H groups in total. The maximum absolute atomic E-state index is 10.9. The molecule has 1 aromatic rings. The molecule has 0 aliphatic carbocycles.